The number of fused-ring (bicyclic) bond motifs is 1. The molecule has 0 aliphatic rings. The predicted octanol–water partition coefficient (Wildman–Crippen LogP) is 4.14. The third kappa shape index (κ3) is 2.06. The van der Waals surface area contributed by atoms with E-state index >= 15 is 0 Å². The van der Waals surface area contributed by atoms with Gasteiger partial charge in [-0.05, 0) is 27.1 Å². The average molecular weight is 338 g/mol. The Morgan fingerprint density at radius 1 is 1.26 bits per heavy atom. The van der Waals surface area contributed by atoms with Gasteiger partial charge < -0.3 is 10.1 Å². The molecule has 5 heteroatoms. The summed E-state index contributed by atoms with van der Waals surface area (Å²) in [6.45, 7) is -0.0120. The number of aliphatic hydroxyl groups excluding tert-OH is 1. The molecule has 0 saturated carbocycles. The number of hydrogen-bond donors (Lipinski definition) is 2. The van der Waals surface area contributed by atoms with Crippen molar-refractivity contribution < 1.29 is 5.11 Å². The Labute approximate surface area is 123 Å². The first-order valence-corrected chi connectivity index (χ1v) is 6.89. The van der Waals surface area contributed by atoms with Crippen LogP contribution >= 0.6 is 27.5 Å². The first-order chi connectivity index (χ1) is 9.22. The van der Waals surface area contributed by atoms with Crippen LogP contribution in [0.4, 0.5) is 0 Å². The molecule has 0 aliphatic heterocycles. The lowest BCUT2D eigenvalue weighted by Crippen LogP contribution is -1.88. The van der Waals surface area contributed by atoms with Crippen LogP contribution in [-0.4, -0.2) is 15.1 Å². The Morgan fingerprint density at radius 2 is 2.05 bits per heavy atom. The summed E-state index contributed by atoms with van der Waals surface area (Å²) in [5, 5.41) is 10.9. The molecule has 3 aromatic rings. The highest BCUT2D eigenvalue weighted by Crippen LogP contribution is 2.37. The van der Waals surface area contributed by atoms with Crippen LogP contribution in [0.15, 0.2) is 41.1 Å². The maximum Gasteiger partial charge on any atom is 0.139 e. The molecule has 0 spiro atoms. The zero-order valence-electron chi connectivity index (χ0n) is 9.82. The number of benzene rings is 1. The van der Waals surface area contributed by atoms with Crippen molar-refractivity contribution in [3.05, 3.63) is 51.7 Å². The molecular formula is C14H10BrClN2O. The number of hydrogen-bond acceptors (Lipinski definition) is 2. The molecule has 19 heavy (non-hydrogen) atoms. The number of H-pyrrole nitrogens is 1. The number of aliphatic hydroxyl groups is 1. The van der Waals surface area contributed by atoms with Crippen LogP contribution in [0.1, 0.15) is 5.56 Å². The third-order valence-corrected chi connectivity index (χ3v) is 4.30. The molecular weight excluding hydrogens is 328 g/mol. The molecule has 96 valence electrons. The minimum Gasteiger partial charge on any atom is -0.392 e. The lowest BCUT2D eigenvalue weighted by Gasteiger charge is -2.07. The van der Waals surface area contributed by atoms with Crippen LogP contribution in [0.3, 0.4) is 0 Å². The van der Waals surface area contributed by atoms with E-state index in [4.69, 9.17) is 11.6 Å². The lowest BCUT2D eigenvalue weighted by molar-refractivity contribution is 0.282. The normalized spacial score (nSPS) is 11.1. The first kappa shape index (κ1) is 12.7. The Bertz CT molecular complexity index is 754. The molecule has 0 radical (unpaired) electrons. The number of aromatic amines is 1. The molecule has 0 aliphatic carbocycles. The topological polar surface area (TPSA) is 48.9 Å². The molecule has 3 nitrogen and oxygen atoms in total. The van der Waals surface area contributed by atoms with E-state index in [0.717, 1.165) is 32.2 Å². The van der Waals surface area contributed by atoms with Crippen LogP contribution in [0.2, 0.25) is 5.02 Å². The largest absolute Gasteiger partial charge is 0.392 e. The standard InChI is InChI=1S/C14H10BrClN2O/c15-11-6-18-14-12(13(11)16)10(5-17-14)9-4-2-1-3-8(9)7-19/h1-6,19H,7H2,(H,17,18). The van der Waals surface area contributed by atoms with Crippen LogP contribution in [0.5, 0.6) is 0 Å². The van der Waals surface area contributed by atoms with Gasteiger partial charge in [-0.15, -0.1) is 0 Å². The maximum absolute atomic E-state index is 9.45. The fraction of sp³-hybridized carbons (Fsp3) is 0.0714. The second-order valence-electron chi connectivity index (χ2n) is 4.16. The summed E-state index contributed by atoms with van der Waals surface area (Å²) in [6, 6.07) is 7.70. The highest BCUT2D eigenvalue weighted by atomic mass is 79.9. The quantitative estimate of drug-likeness (QED) is 0.738. The van der Waals surface area contributed by atoms with E-state index in [1.54, 1.807) is 6.20 Å². The maximum atomic E-state index is 9.45. The Balaban J connectivity index is 2.34. The van der Waals surface area contributed by atoms with Crippen molar-refractivity contribution in [2.75, 3.05) is 0 Å². The zero-order valence-corrected chi connectivity index (χ0v) is 12.2. The van der Waals surface area contributed by atoms with Gasteiger partial charge in [0.25, 0.3) is 0 Å². The second-order valence-corrected chi connectivity index (χ2v) is 5.39. The van der Waals surface area contributed by atoms with Crippen LogP contribution in [0, 0.1) is 0 Å². The van der Waals surface area contributed by atoms with Crippen molar-refractivity contribution in [3.8, 4) is 11.1 Å². The highest BCUT2D eigenvalue weighted by Gasteiger charge is 2.14. The van der Waals surface area contributed by atoms with Crippen molar-refractivity contribution in [1.29, 1.82) is 0 Å². The van der Waals surface area contributed by atoms with Gasteiger partial charge in [-0.25, -0.2) is 4.98 Å². The van der Waals surface area contributed by atoms with Crippen LogP contribution in [-0.2, 0) is 6.61 Å². The molecule has 0 amide bonds. The smallest absolute Gasteiger partial charge is 0.139 e. The molecule has 3 rings (SSSR count). The summed E-state index contributed by atoms with van der Waals surface area (Å²) in [5.74, 6) is 0. The van der Waals surface area contributed by atoms with E-state index in [1.807, 2.05) is 30.5 Å². The number of nitrogens with one attached hydrogen (secondary N) is 1. The highest BCUT2D eigenvalue weighted by molar-refractivity contribution is 9.10. The summed E-state index contributed by atoms with van der Waals surface area (Å²) >= 11 is 9.73. The minimum absolute atomic E-state index is 0.0120. The van der Waals surface area contributed by atoms with Gasteiger partial charge in [-0.3, -0.25) is 0 Å². The minimum atomic E-state index is -0.0120. The fourth-order valence-electron chi connectivity index (χ4n) is 2.17. The lowest BCUT2D eigenvalue weighted by atomic mass is 10.0. The van der Waals surface area contributed by atoms with Gasteiger partial charge in [-0.1, -0.05) is 35.9 Å². The fourth-order valence-corrected chi connectivity index (χ4v) is 2.71. The SMILES string of the molecule is OCc1ccccc1-c1c[nH]c2ncc(Br)c(Cl)c12. The Morgan fingerprint density at radius 3 is 2.84 bits per heavy atom. The number of aromatic nitrogens is 2. The Kier molecular flexibility index (Phi) is 3.31. The predicted molar refractivity (Wildman–Crippen MR) is 80.2 cm³/mol. The van der Waals surface area contributed by atoms with E-state index in [9.17, 15) is 5.11 Å². The number of nitrogens with zero attached hydrogens (tertiary/aromatic N) is 1. The average Bonchev–Trinajstić information content (AvgIpc) is 2.87. The molecule has 0 unspecified atom stereocenters. The molecule has 0 saturated heterocycles. The van der Waals surface area contributed by atoms with Gasteiger partial charge >= 0.3 is 0 Å². The summed E-state index contributed by atoms with van der Waals surface area (Å²) < 4.78 is 0.754. The number of rotatable bonds is 2. The van der Waals surface area contributed by atoms with E-state index in [-0.39, 0.29) is 6.61 Å². The second kappa shape index (κ2) is 4.96. The van der Waals surface area contributed by atoms with Crippen molar-refractivity contribution in [2.24, 2.45) is 0 Å². The van der Waals surface area contributed by atoms with Crippen molar-refractivity contribution in [2.45, 2.75) is 6.61 Å². The molecule has 2 heterocycles. The number of halogens is 2. The molecule has 1 aromatic carbocycles. The van der Waals surface area contributed by atoms with Gasteiger partial charge in [0.15, 0.2) is 0 Å². The Hall–Kier alpha value is -1.36. The van der Waals surface area contributed by atoms with Gasteiger partial charge in [0.1, 0.15) is 5.65 Å². The van der Waals surface area contributed by atoms with E-state index in [2.05, 4.69) is 25.9 Å². The first-order valence-electron chi connectivity index (χ1n) is 5.72. The summed E-state index contributed by atoms with van der Waals surface area (Å²) in [5.41, 5.74) is 3.49. The molecule has 2 N–H and O–H groups in total. The van der Waals surface area contributed by atoms with E-state index in [0.29, 0.717) is 5.02 Å². The van der Waals surface area contributed by atoms with Crippen LogP contribution in [0.25, 0.3) is 22.2 Å². The zero-order chi connectivity index (χ0) is 13.4. The summed E-state index contributed by atoms with van der Waals surface area (Å²) in [7, 11) is 0. The molecule has 0 bridgehead atoms. The van der Waals surface area contributed by atoms with E-state index < -0.39 is 0 Å². The molecule has 0 fully saturated rings. The van der Waals surface area contributed by atoms with Gasteiger partial charge in [0.2, 0.25) is 0 Å². The van der Waals surface area contributed by atoms with E-state index in [1.165, 1.54) is 0 Å². The van der Waals surface area contributed by atoms with Crippen molar-refractivity contribution >= 4 is 38.6 Å². The van der Waals surface area contributed by atoms with Crippen molar-refractivity contribution in [1.82, 2.24) is 9.97 Å². The van der Waals surface area contributed by atoms with Gasteiger partial charge in [0, 0.05) is 23.3 Å². The van der Waals surface area contributed by atoms with Gasteiger partial charge in [0.05, 0.1) is 16.1 Å². The monoisotopic (exact) mass is 336 g/mol. The van der Waals surface area contributed by atoms with Crippen molar-refractivity contribution in [3.63, 3.8) is 0 Å². The summed E-state index contributed by atoms with van der Waals surface area (Å²) in [4.78, 5) is 7.40. The number of pyridine rings is 1. The van der Waals surface area contributed by atoms with Gasteiger partial charge in [-0.2, -0.15) is 0 Å². The molecule has 2 aromatic heterocycles. The summed E-state index contributed by atoms with van der Waals surface area (Å²) in [6.07, 6.45) is 3.54. The third-order valence-electron chi connectivity index (χ3n) is 3.07. The molecule has 0 atom stereocenters. The van der Waals surface area contributed by atoms with Crippen LogP contribution < -0.4 is 0 Å².